The minimum atomic E-state index is -4.50. The Bertz CT molecular complexity index is 556. The average molecular weight is 269 g/mol. The van der Waals surface area contributed by atoms with Crippen LogP contribution in [0.25, 0.3) is 0 Å². The highest BCUT2D eigenvalue weighted by molar-refractivity contribution is 5.65. The van der Waals surface area contributed by atoms with Crippen LogP contribution in [0.1, 0.15) is 11.4 Å². The van der Waals surface area contributed by atoms with E-state index in [0.717, 1.165) is 12.3 Å². The fourth-order valence-corrected chi connectivity index (χ4v) is 1.39. The number of nitrogen functional groups attached to an aromatic ring is 1. The number of nitrogens with two attached hydrogens (primary N) is 1. The van der Waals surface area contributed by atoms with Gasteiger partial charge in [0.1, 0.15) is 5.69 Å². The van der Waals surface area contributed by atoms with Crippen molar-refractivity contribution in [2.24, 2.45) is 0 Å². The van der Waals surface area contributed by atoms with Crippen LogP contribution in [-0.4, -0.2) is 15.2 Å². The van der Waals surface area contributed by atoms with Crippen molar-refractivity contribution in [3.05, 3.63) is 42.0 Å². The van der Waals surface area contributed by atoms with Crippen molar-refractivity contribution >= 4 is 11.4 Å². The molecule has 5 nitrogen and oxygen atoms in total. The van der Waals surface area contributed by atoms with Gasteiger partial charge in [-0.3, -0.25) is 0 Å². The number of hydrogen-bond donors (Lipinski definition) is 2. The molecule has 0 bridgehead atoms. The van der Waals surface area contributed by atoms with E-state index < -0.39 is 11.9 Å². The molecular formula is C11H10F3N5. The fraction of sp³-hybridized carbons (Fsp3) is 0.182. The van der Waals surface area contributed by atoms with Gasteiger partial charge in [0.15, 0.2) is 0 Å². The summed E-state index contributed by atoms with van der Waals surface area (Å²) in [7, 11) is 0. The second kappa shape index (κ2) is 5.09. The highest BCUT2D eigenvalue weighted by Gasteiger charge is 2.32. The molecule has 0 atom stereocenters. The lowest BCUT2D eigenvalue weighted by Crippen LogP contribution is -2.11. The summed E-state index contributed by atoms with van der Waals surface area (Å²) >= 11 is 0. The van der Waals surface area contributed by atoms with Gasteiger partial charge in [-0.15, -0.1) is 0 Å². The van der Waals surface area contributed by atoms with Crippen molar-refractivity contribution in [1.29, 1.82) is 0 Å². The average Bonchev–Trinajstić information content (AvgIpc) is 2.37. The molecule has 3 N–H and O–H groups in total. The molecule has 0 saturated heterocycles. The van der Waals surface area contributed by atoms with Gasteiger partial charge in [0.25, 0.3) is 0 Å². The lowest BCUT2D eigenvalue weighted by Gasteiger charge is -2.11. The first-order chi connectivity index (χ1) is 8.97. The summed E-state index contributed by atoms with van der Waals surface area (Å²) < 4.78 is 37.5. The molecule has 0 aliphatic rings. The predicted molar refractivity (Wildman–Crippen MR) is 63.0 cm³/mol. The van der Waals surface area contributed by atoms with Crippen molar-refractivity contribution in [3.8, 4) is 0 Å². The van der Waals surface area contributed by atoms with Gasteiger partial charge in [0.2, 0.25) is 0 Å². The van der Waals surface area contributed by atoms with Gasteiger partial charge in [0.05, 0.1) is 29.8 Å². The zero-order valence-corrected chi connectivity index (χ0v) is 9.65. The van der Waals surface area contributed by atoms with E-state index in [-0.39, 0.29) is 17.9 Å². The second-order valence-electron chi connectivity index (χ2n) is 3.72. The number of hydrogen-bond acceptors (Lipinski definition) is 5. The van der Waals surface area contributed by atoms with Gasteiger partial charge in [0, 0.05) is 6.20 Å². The fourth-order valence-electron chi connectivity index (χ4n) is 1.39. The molecule has 2 heterocycles. The molecule has 0 aromatic carbocycles. The van der Waals surface area contributed by atoms with Crippen molar-refractivity contribution in [2.45, 2.75) is 12.7 Å². The molecule has 0 saturated carbocycles. The first kappa shape index (κ1) is 13.1. The summed E-state index contributed by atoms with van der Waals surface area (Å²) in [4.78, 5) is 3.25. The summed E-state index contributed by atoms with van der Waals surface area (Å²) in [6.07, 6.45) is -2.02. The third kappa shape index (κ3) is 3.30. The molecule has 2 rings (SSSR count). The third-order valence-corrected chi connectivity index (χ3v) is 2.31. The molecule has 0 unspecified atom stereocenters. The Morgan fingerprint density at radius 3 is 2.74 bits per heavy atom. The summed E-state index contributed by atoms with van der Waals surface area (Å²) in [5.74, 6) is 0. The number of anilines is 2. The minimum Gasteiger partial charge on any atom is -0.396 e. The van der Waals surface area contributed by atoms with Crippen LogP contribution in [0.15, 0.2) is 30.6 Å². The van der Waals surface area contributed by atoms with Crippen LogP contribution in [0.3, 0.4) is 0 Å². The number of nitrogens with zero attached hydrogens (tertiary/aromatic N) is 3. The molecule has 0 spiro atoms. The Morgan fingerprint density at radius 2 is 2.11 bits per heavy atom. The summed E-state index contributed by atoms with van der Waals surface area (Å²) in [6, 6.07) is 4.24. The summed E-state index contributed by atoms with van der Waals surface area (Å²) in [5.41, 5.74) is 5.46. The summed E-state index contributed by atoms with van der Waals surface area (Å²) in [5, 5.41) is 10.2. The molecule has 19 heavy (non-hydrogen) atoms. The first-order valence-corrected chi connectivity index (χ1v) is 5.30. The molecule has 8 heteroatoms. The monoisotopic (exact) mass is 269 g/mol. The van der Waals surface area contributed by atoms with Crippen LogP contribution in [0.4, 0.5) is 24.5 Å². The van der Waals surface area contributed by atoms with E-state index >= 15 is 0 Å². The maximum absolute atomic E-state index is 12.5. The van der Waals surface area contributed by atoms with E-state index in [1.165, 1.54) is 6.20 Å². The van der Waals surface area contributed by atoms with E-state index in [9.17, 15) is 13.2 Å². The zero-order chi connectivity index (χ0) is 13.9. The number of pyridine rings is 1. The molecule has 0 amide bonds. The highest BCUT2D eigenvalue weighted by Crippen LogP contribution is 2.31. The normalized spacial score (nSPS) is 11.3. The number of rotatable bonds is 3. The summed E-state index contributed by atoms with van der Waals surface area (Å²) in [6.45, 7) is 0.222. The molecule has 2 aromatic heterocycles. The van der Waals surface area contributed by atoms with Crippen molar-refractivity contribution in [1.82, 2.24) is 15.2 Å². The Labute approximate surface area is 106 Å². The predicted octanol–water partition coefficient (Wildman–Crippen LogP) is 2.08. The van der Waals surface area contributed by atoms with E-state index in [4.69, 9.17) is 5.73 Å². The molecule has 0 fully saturated rings. The maximum Gasteiger partial charge on any atom is 0.433 e. The molecular weight excluding hydrogens is 259 g/mol. The Hall–Kier alpha value is -2.38. The van der Waals surface area contributed by atoms with Crippen molar-refractivity contribution in [3.63, 3.8) is 0 Å². The van der Waals surface area contributed by atoms with E-state index in [1.807, 2.05) is 0 Å². The quantitative estimate of drug-likeness (QED) is 0.892. The van der Waals surface area contributed by atoms with Crippen LogP contribution >= 0.6 is 0 Å². The Morgan fingerprint density at radius 1 is 1.32 bits per heavy atom. The standard InChI is InChI=1S/C11H10F3N5/c12-11(13,14)10-4-9(8(15)6-17-10)16-5-7-2-1-3-18-19-7/h1-4,6H,5,15H2,(H,16,17). The highest BCUT2D eigenvalue weighted by atomic mass is 19.4. The maximum atomic E-state index is 12.5. The van der Waals surface area contributed by atoms with Gasteiger partial charge in [-0.25, -0.2) is 4.98 Å². The number of alkyl halides is 3. The molecule has 0 radical (unpaired) electrons. The van der Waals surface area contributed by atoms with Crippen LogP contribution in [-0.2, 0) is 12.7 Å². The molecule has 100 valence electrons. The topological polar surface area (TPSA) is 76.7 Å². The SMILES string of the molecule is Nc1cnc(C(F)(F)F)cc1NCc1cccnn1. The lowest BCUT2D eigenvalue weighted by atomic mass is 10.2. The third-order valence-electron chi connectivity index (χ3n) is 2.31. The largest absolute Gasteiger partial charge is 0.433 e. The van der Waals surface area contributed by atoms with Crippen LogP contribution in [0.2, 0.25) is 0 Å². The lowest BCUT2D eigenvalue weighted by molar-refractivity contribution is -0.141. The number of halogens is 3. The first-order valence-electron chi connectivity index (χ1n) is 5.30. The van der Waals surface area contributed by atoms with Crippen LogP contribution in [0.5, 0.6) is 0 Å². The smallest absolute Gasteiger partial charge is 0.396 e. The zero-order valence-electron chi connectivity index (χ0n) is 9.65. The molecule has 2 aromatic rings. The van der Waals surface area contributed by atoms with E-state index in [1.54, 1.807) is 12.1 Å². The van der Waals surface area contributed by atoms with E-state index in [2.05, 4.69) is 20.5 Å². The van der Waals surface area contributed by atoms with Gasteiger partial charge in [-0.2, -0.15) is 23.4 Å². The Kier molecular flexibility index (Phi) is 3.50. The van der Waals surface area contributed by atoms with Gasteiger partial charge < -0.3 is 11.1 Å². The Balaban J connectivity index is 2.16. The van der Waals surface area contributed by atoms with Gasteiger partial charge in [-0.05, 0) is 18.2 Å². The number of aromatic nitrogens is 3. The van der Waals surface area contributed by atoms with Crippen molar-refractivity contribution < 1.29 is 13.2 Å². The van der Waals surface area contributed by atoms with Gasteiger partial charge in [-0.1, -0.05) is 0 Å². The van der Waals surface area contributed by atoms with Crippen molar-refractivity contribution in [2.75, 3.05) is 11.1 Å². The van der Waals surface area contributed by atoms with Gasteiger partial charge >= 0.3 is 6.18 Å². The van der Waals surface area contributed by atoms with Crippen LogP contribution in [0, 0.1) is 0 Å². The molecule has 0 aliphatic carbocycles. The minimum absolute atomic E-state index is 0.136. The van der Waals surface area contributed by atoms with Crippen LogP contribution < -0.4 is 11.1 Å². The second-order valence-corrected chi connectivity index (χ2v) is 3.72. The number of nitrogens with one attached hydrogen (secondary N) is 1. The van der Waals surface area contributed by atoms with E-state index in [0.29, 0.717) is 5.69 Å². The molecule has 0 aliphatic heterocycles.